The molecule has 0 fully saturated rings. The van der Waals surface area contributed by atoms with Crippen molar-refractivity contribution in [3.63, 3.8) is 0 Å². The SMILES string of the molecule is COc1c2c(cc3c1[C@@H](NC(=O)Nc1ccccc1Br)N(C)CC3)OCO2. The first-order valence-electron chi connectivity index (χ1n) is 8.60. The number of carbonyl (C=O) groups excluding carboxylic acids is 1. The first-order valence-corrected chi connectivity index (χ1v) is 9.39. The van der Waals surface area contributed by atoms with Gasteiger partial charge in [-0.3, -0.25) is 4.90 Å². The zero-order valence-corrected chi connectivity index (χ0v) is 16.6. The second-order valence-corrected chi connectivity index (χ2v) is 7.28. The summed E-state index contributed by atoms with van der Waals surface area (Å²) in [7, 11) is 3.57. The van der Waals surface area contributed by atoms with Gasteiger partial charge in [0.1, 0.15) is 6.17 Å². The molecule has 0 aliphatic carbocycles. The summed E-state index contributed by atoms with van der Waals surface area (Å²) in [6.45, 7) is 0.973. The Morgan fingerprint density at radius 3 is 2.93 bits per heavy atom. The van der Waals surface area contributed by atoms with Gasteiger partial charge < -0.3 is 24.8 Å². The van der Waals surface area contributed by atoms with Crippen molar-refractivity contribution >= 4 is 27.6 Å². The molecule has 2 amide bonds. The number of amides is 2. The number of hydrogen-bond donors (Lipinski definition) is 2. The predicted octanol–water partition coefficient (Wildman–Crippen LogP) is 3.49. The van der Waals surface area contributed by atoms with Crippen LogP contribution in [0, 0.1) is 0 Å². The lowest BCUT2D eigenvalue weighted by atomic mass is 9.95. The number of benzene rings is 2. The lowest BCUT2D eigenvalue weighted by molar-refractivity contribution is 0.169. The number of rotatable bonds is 3. The highest BCUT2D eigenvalue weighted by Crippen LogP contribution is 2.48. The van der Waals surface area contributed by atoms with Crippen molar-refractivity contribution in [2.75, 3.05) is 32.8 Å². The molecule has 7 nitrogen and oxygen atoms in total. The van der Waals surface area contributed by atoms with E-state index in [4.69, 9.17) is 14.2 Å². The Kier molecular flexibility index (Phi) is 4.84. The lowest BCUT2D eigenvalue weighted by Gasteiger charge is -2.36. The van der Waals surface area contributed by atoms with Gasteiger partial charge in [-0.2, -0.15) is 0 Å². The van der Waals surface area contributed by atoms with Gasteiger partial charge in [-0.15, -0.1) is 0 Å². The molecule has 2 N–H and O–H groups in total. The van der Waals surface area contributed by atoms with Crippen LogP contribution in [-0.2, 0) is 6.42 Å². The number of fused-ring (bicyclic) bond motifs is 2. The van der Waals surface area contributed by atoms with Crippen molar-refractivity contribution in [2.24, 2.45) is 0 Å². The maximum atomic E-state index is 12.7. The third-order valence-corrected chi connectivity index (χ3v) is 5.48. The monoisotopic (exact) mass is 433 g/mol. The van der Waals surface area contributed by atoms with Crippen molar-refractivity contribution < 1.29 is 19.0 Å². The molecule has 4 rings (SSSR count). The van der Waals surface area contributed by atoms with Crippen molar-refractivity contribution in [3.05, 3.63) is 45.9 Å². The highest BCUT2D eigenvalue weighted by atomic mass is 79.9. The van der Waals surface area contributed by atoms with E-state index in [2.05, 4.69) is 31.5 Å². The third-order valence-electron chi connectivity index (χ3n) is 4.79. The summed E-state index contributed by atoms with van der Waals surface area (Å²) in [6.07, 6.45) is 0.490. The van der Waals surface area contributed by atoms with Gasteiger partial charge in [-0.1, -0.05) is 12.1 Å². The first kappa shape index (κ1) is 17.9. The van der Waals surface area contributed by atoms with Crippen LogP contribution in [0.2, 0.25) is 0 Å². The number of methoxy groups -OCH3 is 1. The standard InChI is InChI=1S/C19H20BrN3O4/c1-23-8-7-11-9-14-16(27-10-26-14)17(25-2)15(11)18(23)22-19(24)21-13-6-4-3-5-12(13)20/h3-6,9,18H,7-8,10H2,1-2H3,(H2,21,22,24)/t18-/m0/s1. The molecule has 0 radical (unpaired) electrons. The number of anilines is 1. The van der Waals surface area contributed by atoms with E-state index in [1.54, 1.807) is 7.11 Å². The van der Waals surface area contributed by atoms with Crippen LogP contribution in [0.1, 0.15) is 17.3 Å². The Balaban J connectivity index is 1.64. The van der Waals surface area contributed by atoms with E-state index >= 15 is 0 Å². The van der Waals surface area contributed by atoms with Crippen molar-refractivity contribution in [1.82, 2.24) is 10.2 Å². The summed E-state index contributed by atoms with van der Waals surface area (Å²) in [5, 5.41) is 5.92. The van der Waals surface area contributed by atoms with Crippen LogP contribution < -0.4 is 24.8 Å². The first-order chi connectivity index (χ1) is 13.1. The number of nitrogens with one attached hydrogen (secondary N) is 2. The topological polar surface area (TPSA) is 72.1 Å². The highest BCUT2D eigenvalue weighted by Gasteiger charge is 2.34. The van der Waals surface area contributed by atoms with Crippen molar-refractivity contribution in [1.29, 1.82) is 0 Å². The normalized spacial score (nSPS) is 18.0. The molecule has 142 valence electrons. The van der Waals surface area contributed by atoms with E-state index in [0.29, 0.717) is 22.9 Å². The Hall–Kier alpha value is -2.45. The number of nitrogens with zero attached hydrogens (tertiary/aromatic N) is 1. The smallest absolute Gasteiger partial charge is 0.320 e. The highest BCUT2D eigenvalue weighted by molar-refractivity contribution is 9.10. The molecule has 0 unspecified atom stereocenters. The molecular formula is C19H20BrN3O4. The third kappa shape index (κ3) is 3.30. The van der Waals surface area contributed by atoms with Crippen molar-refractivity contribution in [2.45, 2.75) is 12.6 Å². The van der Waals surface area contributed by atoms with Gasteiger partial charge in [0.05, 0.1) is 12.8 Å². The Labute approximate surface area is 165 Å². The molecule has 2 aliphatic rings. The number of likely N-dealkylation sites (N-methyl/N-ethyl adjacent to an activating group) is 1. The van der Waals surface area contributed by atoms with E-state index in [0.717, 1.165) is 28.6 Å². The second-order valence-electron chi connectivity index (χ2n) is 6.43. The van der Waals surface area contributed by atoms with Crippen LogP contribution in [0.15, 0.2) is 34.8 Å². The largest absolute Gasteiger partial charge is 0.492 e. The molecule has 2 aromatic carbocycles. The fraction of sp³-hybridized carbons (Fsp3) is 0.316. The molecule has 2 aliphatic heterocycles. The summed E-state index contributed by atoms with van der Waals surface area (Å²) < 4.78 is 17.6. The van der Waals surface area contributed by atoms with Crippen LogP contribution in [-0.4, -0.2) is 38.4 Å². The summed E-state index contributed by atoms with van der Waals surface area (Å²) in [5.74, 6) is 1.88. The van der Waals surface area contributed by atoms with Gasteiger partial charge >= 0.3 is 6.03 Å². The number of urea groups is 1. The van der Waals surface area contributed by atoms with E-state index in [1.807, 2.05) is 37.4 Å². The molecule has 2 heterocycles. The number of ether oxygens (including phenoxy) is 3. The molecule has 0 aromatic heterocycles. The van der Waals surface area contributed by atoms with Gasteiger partial charge in [-0.25, -0.2) is 4.79 Å². The average Bonchev–Trinajstić information content (AvgIpc) is 3.12. The summed E-state index contributed by atoms with van der Waals surface area (Å²) in [5.41, 5.74) is 2.68. The molecule has 1 atom stereocenters. The summed E-state index contributed by atoms with van der Waals surface area (Å²) in [4.78, 5) is 14.7. The maximum absolute atomic E-state index is 12.7. The van der Waals surface area contributed by atoms with Gasteiger partial charge in [0, 0.05) is 16.6 Å². The molecule has 0 saturated heterocycles. The fourth-order valence-electron chi connectivity index (χ4n) is 3.46. The van der Waals surface area contributed by atoms with Gasteiger partial charge in [0.2, 0.25) is 12.5 Å². The predicted molar refractivity (Wildman–Crippen MR) is 104 cm³/mol. The Bertz CT molecular complexity index is 889. The van der Waals surface area contributed by atoms with Gasteiger partial charge in [0.15, 0.2) is 11.5 Å². The van der Waals surface area contributed by atoms with Crippen LogP contribution in [0.5, 0.6) is 17.2 Å². The molecule has 2 aromatic rings. The van der Waals surface area contributed by atoms with E-state index in [9.17, 15) is 4.79 Å². The van der Waals surface area contributed by atoms with Gasteiger partial charge in [0.25, 0.3) is 0 Å². The van der Waals surface area contributed by atoms with E-state index < -0.39 is 0 Å². The quantitative estimate of drug-likeness (QED) is 0.774. The lowest BCUT2D eigenvalue weighted by Crippen LogP contribution is -2.45. The number of carbonyl (C=O) groups is 1. The Morgan fingerprint density at radius 1 is 1.33 bits per heavy atom. The minimum absolute atomic E-state index is 0.172. The molecular weight excluding hydrogens is 414 g/mol. The maximum Gasteiger partial charge on any atom is 0.320 e. The van der Waals surface area contributed by atoms with E-state index in [-0.39, 0.29) is 19.0 Å². The summed E-state index contributed by atoms with van der Waals surface area (Å²) in [6, 6.07) is 9.15. The minimum atomic E-state index is -0.347. The van der Waals surface area contributed by atoms with Crippen LogP contribution >= 0.6 is 15.9 Å². The molecule has 0 spiro atoms. The van der Waals surface area contributed by atoms with Crippen LogP contribution in [0.4, 0.5) is 10.5 Å². The van der Waals surface area contributed by atoms with Gasteiger partial charge in [-0.05, 0) is 53.2 Å². The number of para-hydroxylation sites is 1. The van der Waals surface area contributed by atoms with Crippen LogP contribution in [0.25, 0.3) is 0 Å². The second kappa shape index (κ2) is 7.28. The number of hydrogen-bond acceptors (Lipinski definition) is 5. The average molecular weight is 434 g/mol. The van der Waals surface area contributed by atoms with Crippen LogP contribution in [0.3, 0.4) is 0 Å². The summed E-state index contributed by atoms with van der Waals surface area (Å²) >= 11 is 3.44. The Morgan fingerprint density at radius 2 is 2.15 bits per heavy atom. The molecule has 0 saturated carbocycles. The minimum Gasteiger partial charge on any atom is -0.492 e. The molecule has 27 heavy (non-hydrogen) atoms. The fourth-order valence-corrected chi connectivity index (χ4v) is 3.84. The molecule has 0 bridgehead atoms. The van der Waals surface area contributed by atoms with Crippen molar-refractivity contribution in [3.8, 4) is 17.2 Å². The molecule has 8 heteroatoms. The number of halogens is 1. The van der Waals surface area contributed by atoms with E-state index in [1.165, 1.54) is 0 Å². The zero-order chi connectivity index (χ0) is 19.0. The zero-order valence-electron chi connectivity index (χ0n) is 15.0.